The molecule has 0 saturated carbocycles. The second-order valence-electron chi connectivity index (χ2n) is 2.74. The van der Waals surface area contributed by atoms with E-state index in [0.29, 0.717) is 12.6 Å². The minimum absolute atomic E-state index is 0.592. The third kappa shape index (κ3) is 2.14. The molecule has 1 rings (SSSR count). The van der Waals surface area contributed by atoms with Crippen molar-refractivity contribution in [1.29, 1.82) is 0 Å². The quantitative estimate of drug-likeness (QED) is 0.543. The Balaban J connectivity index is 3.02. The molecule has 0 saturated heterocycles. The lowest BCUT2D eigenvalue weighted by Crippen LogP contribution is -1.90. The minimum atomic E-state index is 0.592. The SMILES string of the molecule is [B]Cc1cc(C)cc(C[B])c1. The normalized spacial score (nSPS) is 9.91. The first-order valence-electron chi connectivity index (χ1n) is 3.76. The summed E-state index contributed by atoms with van der Waals surface area (Å²) in [4.78, 5) is 0. The van der Waals surface area contributed by atoms with Crippen molar-refractivity contribution in [1.82, 2.24) is 0 Å². The molecule has 1 aromatic rings. The number of aryl methyl sites for hydroxylation is 1. The predicted octanol–water partition coefficient (Wildman–Crippen LogP) is 1.33. The van der Waals surface area contributed by atoms with E-state index in [0.717, 1.165) is 11.1 Å². The molecule has 0 amide bonds. The third-order valence-electron chi connectivity index (χ3n) is 1.67. The highest BCUT2D eigenvalue weighted by Gasteiger charge is 1.93. The first-order chi connectivity index (χ1) is 5.26. The molecule has 0 aliphatic heterocycles. The lowest BCUT2D eigenvalue weighted by Gasteiger charge is -2.03. The van der Waals surface area contributed by atoms with Gasteiger partial charge in [0, 0.05) is 0 Å². The molecule has 0 unspecified atom stereocenters. The van der Waals surface area contributed by atoms with Gasteiger partial charge in [0.2, 0.25) is 0 Å². The summed E-state index contributed by atoms with van der Waals surface area (Å²) in [6.07, 6.45) is 1.18. The molecule has 0 heterocycles. The van der Waals surface area contributed by atoms with E-state index in [2.05, 4.69) is 19.1 Å². The van der Waals surface area contributed by atoms with Crippen LogP contribution >= 0.6 is 0 Å². The fourth-order valence-electron chi connectivity index (χ4n) is 1.18. The first kappa shape index (κ1) is 8.45. The van der Waals surface area contributed by atoms with Crippen molar-refractivity contribution in [2.24, 2.45) is 0 Å². The molecular formula is C9H10B2. The van der Waals surface area contributed by atoms with Crippen molar-refractivity contribution < 1.29 is 0 Å². The topological polar surface area (TPSA) is 0 Å². The maximum atomic E-state index is 5.50. The molecule has 11 heavy (non-hydrogen) atoms. The summed E-state index contributed by atoms with van der Waals surface area (Å²) in [6.45, 7) is 2.05. The summed E-state index contributed by atoms with van der Waals surface area (Å²) in [7, 11) is 11.0. The number of benzene rings is 1. The van der Waals surface area contributed by atoms with Crippen molar-refractivity contribution in [3.8, 4) is 0 Å². The van der Waals surface area contributed by atoms with Gasteiger partial charge in [-0.3, -0.25) is 0 Å². The Morgan fingerprint density at radius 1 is 1.00 bits per heavy atom. The van der Waals surface area contributed by atoms with Crippen molar-refractivity contribution in [3.05, 3.63) is 34.9 Å². The smallest absolute Gasteiger partial charge is 0.0643 e. The molecule has 52 valence electrons. The molecule has 1 aromatic carbocycles. The lowest BCUT2D eigenvalue weighted by molar-refractivity contribution is 1.27. The zero-order valence-electron chi connectivity index (χ0n) is 6.80. The number of hydrogen-bond acceptors (Lipinski definition) is 0. The Morgan fingerprint density at radius 2 is 1.45 bits per heavy atom. The van der Waals surface area contributed by atoms with Crippen molar-refractivity contribution in [3.63, 3.8) is 0 Å². The van der Waals surface area contributed by atoms with Crippen LogP contribution in [0.1, 0.15) is 16.7 Å². The number of rotatable bonds is 2. The van der Waals surface area contributed by atoms with Crippen LogP contribution in [0.5, 0.6) is 0 Å². The number of hydrogen-bond donors (Lipinski definition) is 0. The lowest BCUT2D eigenvalue weighted by atomic mass is 9.90. The van der Waals surface area contributed by atoms with E-state index in [1.165, 1.54) is 5.56 Å². The Kier molecular flexibility index (Phi) is 2.81. The maximum Gasteiger partial charge on any atom is 0.0716 e. The van der Waals surface area contributed by atoms with E-state index in [-0.39, 0.29) is 0 Å². The summed E-state index contributed by atoms with van der Waals surface area (Å²) in [5.74, 6) is 0. The summed E-state index contributed by atoms with van der Waals surface area (Å²) in [5.41, 5.74) is 3.55. The standard InChI is InChI=1S/C9H10B2/c1-7-2-8(5-10)4-9(3-7)6-11/h2-4H,5-6H2,1H3. The summed E-state index contributed by atoms with van der Waals surface area (Å²) in [6, 6.07) is 6.21. The average Bonchev–Trinajstić information content (AvgIpc) is 2.03. The van der Waals surface area contributed by atoms with Gasteiger partial charge in [-0.05, 0) is 6.92 Å². The van der Waals surface area contributed by atoms with Crippen LogP contribution in [0.25, 0.3) is 0 Å². The zero-order chi connectivity index (χ0) is 8.27. The fourth-order valence-corrected chi connectivity index (χ4v) is 1.18. The van der Waals surface area contributed by atoms with Gasteiger partial charge in [0.05, 0.1) is 15.7 Å². The molecule has 2 heteroatoms. The van der Waals surface area contributed by atoms with Crippen LogP contribution in [0.3, 0.4) is 0 Å². The minimum Gasteiger partial charge on any atom is -0.0643 e. The highest BCUT2D eigenvalue weighted by atomic mass is 14.0. The highest BCUT2D eigenvalue weighted by molar-refractivity contribution is 6.09. The van der Waals surface area contributed by atoms with E-state index in [1.54, 1.807) is 0 Å². The fraction of sp³-hybridized carbons (Fsp3) is 0.333. The zero-order valence-corrected chi connectivity index (χ0v) is 6.80. The monoisotopic (exact) mass is 140 g/mol. The van der Waals surface area contributed by atoms with Gasteiger partial charge >= 0.3 is 0 Å². The van der Waals surface area contributed by atoms with Gasteiger partial charge in [-0.15, -0.1) is 0 Å². The van der Waals surface area contributed by atoms with Gasteiger partial charge in [0.25, 0.3) is 0 Å². The maximum absolute atomic E-state index is 5.50. The molecule has 0 nitrogen and oxygen atoms in total. The van der Waals surface area contributed by atoms with E-state index in [4.69, 9.17) is 15.7 Å². The summed E-state index contributed by atoms with van der Waals surface area (Å²) >= 11 is 0. The largest absolute Gasteiger partial charge is 0.0716 e. The summed E-state index contributed by atoms with van der Waals surface area (Å²) < 4.78 is 0. The predicted molar refractivity (Wildman–Crippen MR) is 50.1 cm³/mol. The summed E-state index contributed by atoms with van der Waals surface area (Å²) in [5, 5.41) is 0. The van der Waals surface area contributed by atoms with Gasteiger partial charge in [0.15, 0.2) is 0 Å². The average molecular weight is 140 g/mol. The van der Waals surface area contributed by atoms with E-state index < -0.39 is 0 Å². The Hall–Kier alpha value is -0.650. The molecular weight excluding hydrogens is 130 g/mol. The van der Waals surface area contributed by atoms with Gasteiger partial charge in [-0.1, -0.05) is 47.5 Å². The van der Waals surface area contributed by atoms with Crippen LogP contribution in [0.2, 0.25) is 0 Å². The van der Waals surface area contributed by atoms with E-state index in [1.807, 2.05) is 6.07 Å². The van der Waals surface area contributed by atoms with Crippen LogP contribution in [0, 0.1) is 6.92 Å². The van der Waals surface area contributed by atoms with Crippen LogP contribution in [0.15, 0.2) is 18.2 Å². The van der Waals surface area contributed by atoms with E-state index >= 15 is 0 Å². The Labute approximate surface area is 70.8 Å². The van der Waals surface area contributed by atoms with Crippen LogP contribution in [-0.2, 0) is 12.6 Å². The molecule has 0 aliphatic rings. The molecule has 0 aliphatic carbocycles. The molecule has 4 radical (unpaired) electrons. The molecule has 0 fully saturated rings. The van der Waals surface area contributed by atoms with Crippen molar-refractivity contribution in [2.75, 3.05) is 0 Å². The van der Waals surface area contributed by atoms with Gasteiger partial charge in [0.1, 0.15) is 0 Å². The van der Waals surface area contributed by atoms with Gasteiger partial charge in [-0.25, -0.2) is 0 Å². The van der Waals surface area contributed by atoms with Crippen LogP contribution in [0.4, 0.5) is 0 Å². The van der Waals surface area contributed by atoms with Crippen LogP contribution in [-0.4, -0.2) is 15.7 Å². The molecule has 0 aromatic heterocycles. The third-order valence-corrected chi connectivity index (χ3v) is 1.67. The van der Waals surface area contributed by atoms with Crippen molar-refractivity contribution >= 4 is 15.7 Å². The van der Waals surface area contributed by atoms with Gasteiger partial charge < -0.3 is 0 Å². The molecule has 0 atom stereocenters. The molecule has 0 bridgehead atoms. The second kappa shape index (κ2) is 3.66. The van der Waals surface area contributed by atoms with Gasteiger partial charge in [-0.2, -0.15) is 0 Å². The molecule has 0 N–H and O–H groups in total. The van der Waals surface area contributed by atoms with Crippen LogP contribution < -0.4 is 0 Å². The Bertz CT molecular complexity index is 221. The highest BCUT2D eigenvalue weighted by Crippen LogP contribution is 2.09. The van der Waals surface area contributed by atoms with E-state index in [9.17, 15) is 0 Å². The van der Waals surface area contributed by atoms with Crippen molar-refractivity contribution in [2.45, 2.75) is 19.6 Å². The molecule has 0 spiro atoms. The first-order valence-corrected chi connectivity index (χ1v) is 3.76. The second-order valence-corrected chi connectivity index (χ2v) is 2.74. The Morgan fingerprint density at radius 3 is 1.82 bits per heavy atom.